The van der Waals surface area contributed by atoms with Crippen molar-refractivity contribution in [3.05, 3.63) is 58.6 Å². The van der Waals surface area contributed by atoms with E-state index in [1.165, 1.54) is 5.56 Å². The highest BCUT2D eigenvalue weighted by molar-refractivity contribution is 6.32. The van der Waals surface area contributed by atoms with E-state index in [-0.39, 0.29) is 5.92 Å². The predicted molar refractivity (Wildman–Crippen MR) is 91.1 cm³/mol. The quantitative estimate of drug-likeness (QED) is 0.838. The van der Waals surface area contributed by atoms with Crippen molar-refractivity contribution >= 4 is 11.6 Å². The number of benzene rings is 2. The van der Waals surface area contributed by atoms with Gasteiger partial charge in [0.1, 0.15) is 11.5 Å². The Morgan fingerprint density at radius 3 is 2.64 bits per heavy atom. The lowest BCUT2D eigenvalue weighted by molar-refractivity contribution is 0.340. The number of methoxy groups -OCH3 is 1. The summed E-state index contributed by atoms with van der Waals surface area (Å²) in [5, 5.41) is 0.640. The van der Waals surface area contributed by atoms with Gasteiger partial charge in [0, 0.05) is 5.92 Å². The van der Waals surface area contributed by atoms with E-state index in [9.17, 15) is 0 Å². The monoisotopic (exact) mass is 319 g/mol. The highest BCUT2D eigenvalue weighted by Crippen LogP contribution is 2.29. The average molecular weight is 320 g/mol. The summed E-state index contributed by atoms with van der Waals surface area (Å²) in [7, 11) is 1.67. The minimum atomic E-state index is 0.226. The molecular weight excluding hydrogens is 298 g/mol. The minimum absolute atomic E-state index is 0.226. The highest BCUT2D eigenvalue weighted by atomic mass is 35.5. The number of hydrogen-bond donors (Lipinski definition) is 1. The molecule has 1 unspecified atom stereocenters. The van der Waals surface area contributed by atoms with Crippen molar-refractivity contribution in [3.8, 4) is 11.5 Å². The Morgan fingerprint density at radius 1 is 1.18 bits per heavy atom. The van der Waals surface area contributed by atoms with Crippen molar-refractivity contribution in [1.29, 1.82) is 0 Å². The lowest BCUT2D eigenvalue weighted by Gasteiger charge is -2.17. The molecule has 118 valence electrons. The first-order chi connectivity index (χ1) is 10.7. The second-order valence-corrected chi connectivity index (χ2v) is 5.52. The normalized spacial score (nSPS) is 12.0. The maximum absolute atomic E-state index is 6.25. The molecule has 0 radical (unpaired) electrons. The van der Waals surface area contributed by atoms with Crippen LogP contribution < -0.4 is 15.2 Å². The third-order valence-corrected chi connectivity index (χ3v) is 3.92. The van der Waals surface area contributed by atoms with E-state index in [1.54, 1.807) is 7.11 Å². The molecule has 0 aromatic heterocycles. The second kappa shape index (κ2) is 8.06. The molecule has 0 aliphatic carbocycles. The van der Waals surface area contributed by atoms with Crippen molar-refractivity contribution in [2.24, 2.45) is 5.73 Å². The predicted octanol–water partition coefficient (Wildman–Crippen LogP) is 4.03. The summed E-state index contributed by atoms with van der Waals surface area (Å²) in [5.74, 6) is 1.79. The van der Waals surface area contributed by atoms with Crippen LogP contribution in [0.4, 0.5) is 0 Å². The van der Waals surface area contributed by atoms with Gasteiger partial charge >= 0.3 is 0 Å². The third-order valence-electron chi connectivity index (χ3n) is 3.63. The number of nitrogens with two attached hydrogens (primary N) is 1. The van der Waals surface area contributed by atoms with E-state index in [0.717, 1.165) is 23.5 Å². The van der Waals surface area contributed by atoms with Gasteiger partial charge in [-0.1, -0.05) is 29.8 Å². The molecule has 3 nitrogen and oxygen atoms in total. The van der Waals surface area contributed by atoms with Gasteiger partial charge in [0.05, 0.1) is 18.7 Å². The smallest absolute Gasteiger partial charge is 0.137 e. The fourth-order valence-electron chi connectivity index (χ4n) is 2.46. The van der Waals surface area contributed by atoms with Crippen LogP contribution >= 0.6 is 11.6 Å². The van der Waals surface area contributed by atoms with E-state index in [1.807, 2.05) is 43.3 Å². The molecule has 2 rings (SSSR count). The summed E-state index contributed by atoms with van der Waals surface area (Å²) in [6.45, 7) is 3.11. The van der Waals surface area contributed by atoms with Crippen LogP contribution in [0.25, 0.3) is 0 Å². The molecule has 0 spiro atoms. The van der Waals surface area contributed by atoms with Crippen LogP contribution in [0.1, 0.15) is 24.0 Å². The standard InChI is InChI=1S/C18H22ClNO2/c1-3-22-18-8-7-13(10-17(18)19)9-15(12-20)14-5-4-6-16(11-14)21-2/h4-8,10-11,15H,3,9,12,20H2,1-2H3. The van der Waals surface area contributed by atoms with Gasteiger partial charge in [-0.25, -0.2) is 0 Å². The molecule has 0 heterocycles. The van der Waals surface area contributed by atoms with Gasteiger partial charge in [-0.2, -0.15) is 0 Å². The molecule has 0 bridgehead atoms. The van der Waals surface area contributed by atoms with Gasteiger partial charge < -0.3 is 15.2 Å². The van der Waals surface area contributed by atoms with Crippen molar-refractivity contribution in [2.45, 2.75) is 19.3 Å². The minimum Gasteiger partial charge on any atom is -0.497 e. The topological polar surface area (TPSA) is 44.5 Å². The summed E-state index contributed by atoms with van der Waals surface area (Å²) >= 11 is 6.25. The molecule has 0 aliphatic heterocycles. The van der Waals surface area contributed by atoms with Crippen LogP contribution in [-0.2, 0) is 6.42 Å². The molecule has 2 aromatic carbocycles. The van der Waals surface area contributed by atoms with Gasteiger partial charge in [-0.05, 0) is 55.3 Å². The van der Waals surface area contributed by atoms with Gasteiger partial charge in [0.25, 0.3) is 0 Å². The van der Waals surface area contributed by atoms with Crippen LogP contribution in [0.5, 0.6) is 11.5 Å². The molecule has 22 heavy (non-hydrogen) atoms. The van der Waals surface area contributed by atoms with Crippen LogP contribution in [0, 0.1) is 0 Å². The molecule has 0 fully saturated rings. The lowest BCUT2D eigenvalue weighted by atomic mass is 9.92. The average Bonchev–Trinajstić information content (AvgIpc) is 2.55. The first-order valence-corrected chi connectivity index (χ1v) is 7.81. The van der Waals surface area contributed by atoms with E-state index < -0.39 is 0 Å². The third kappa shape index (κ3) is 4.15. The van der Waals surface area contributed by atoms with Crippen molar-refractivity contribution < 1.29 is 9.47 Å². The zero-order valence-electron chi connectivity index (χ0n) is 13.0. The number of halogens is 1. The summed E-state index contributed by atoms with van der Waals surface area (Å²) in [4.78, 5) is 0. The molecule has 2 aromatic rings. The summed E-state index contributed by atoms with van der Waals surface area (Å²) in [5.41, 5.74) is 8.28. The number of ether oxygens (including phenoxy) is 2. The van der Waals surface area contributed by atoms with E-state index in [4.69, 9.17) is 26.8 Å². The Labute approximate surface area is 137 Å². The zero-order chi connectivity index (χ0) is 15.9. The Balaban J connectivity index is 2.17. The maximum Gasteiger partial charge on any atom is 0.137 e. The first kappa shape index (κ1) is 16.7. The lowest BCUT2D eigenvalue weighted by Crippen LogP contribution is -2.15. The Kier molecular flexibility index (Phi) is 6.10. The zero-order valence-corrected chi connectivity index (χ0v) is 13.8. The molecular formula is C18H22ClNO2. The molecule has 0 amide bonds. The van der Waals surface area contributed by atoms with Crippen molar-refractivity contribution in [1.82, 2.24) is 0 Å². The van der Waals surface area contributed by atoms with Crippen molar-refractivity contribution in [2.75, 3.05) is 20.3 Å². The number of hydrogen-bond acceptors (Lipinski definition) is 3. The summed E-state index contributed by atoms with van der Waals surface area (Å²) in [6, 6.07) is 14.0. The van der Waals surface area contributed by atoms with E-state index in [0.29, 0.717) is 18.2 Å². The van der Waals surface area contributed by atoms with Crippen LogP contribution in [0.15, 0.2) is 42.5 Å². The van der Waals surface area contributed by atoms with Gasteiger partial charge in [-0.3, -0.25) is 0 Å². The number of rotatable bonds is 7. The first-order valence-electron chi connectivity index (χ1n) is 7.43. The van der Waals surface area contributed by atoms with Gasteiger partial charge in [0.2, 0.25) is 0 Å². The van der Waals surface area contributed by atoms with Crippen LogP contribution in [-0.4, -0.2) is 20.3 Å². The maximum atomic E-state index is 6.25. The Bertz CT molecular complexity index is 616. The summed E-state index contributed by atoms with van der Waals surface area (Å²) < 4.78 is 10.7. The Morgan fingerprint density at radius 2 is 2.00 bits per heavy atom. The molecule has 0 aliphatic rings. The summed E-state index contributed by atoms with van der Waals surface area (Å²) in [6.07, 6.45) is 0.829. The Hall–Kier alpha value is -1.71. The molecule has 0 saturated carbocycles. The van der Waals surface area contributed by atoms with Gasteiger partial charge in [-0.15, -0.1) is 0 Å². The molecule has 1 atom stereocenters. The van der Waals surface area contributed by atoms with E-state index in [2.05, 4.69) is 6.07 Å². The fourth-order valence-corrected chi connectivity index (χ4v) is 2.72. The van der Waals surface area contributed by atoms with Crippen molar-refractivity contribution in [3.63, 3.8) is 0 Å². The highest BCUT2D eigenvalue weighted by Gasteiger charge is 2.13. The fraction of sp³-hybridized carbons (Fsp3) is 0.333. The largest absolute Gasteiger partial charge is 0.497 e. The van der Waals surface area contributed by atoms with Gasteiger partial charge in [0.15, 0.2) is 0 Å². The molecule has 4 heteroatoms. The second-order valence-electron chi connectivity index (χ2n) is 5.11. The SMILES string of the molecule is CCOc1ccc(CC(CN)c2cccc(OC)c2)cc1Cl. The van der Waals surface area contributed by atoms with Crippen LogP contribution in [0.3, 0.4) is 0 Å². The van der Waals surface area contributed by atoms with Crippen LogP contribution in [0.2, 0.25) is 5.02 Å². The molecule has 0 saturated heterocycles. The molecule has 2 N–H and O–H groups in total. The van der Waals surface area contributed by atoms with E-state index >= 15 is 0 Å².